The molecule has 314 valence electrons. The van der Waals surface area contributed by atoms with E-state index in [1.165, 1.54) is 0 Å². The highest BCUT2D eigenvalue weighted by Gasteiger charge is 2.41. The van der Waals surface area contributed by atoms with Gasteiger partial charge in [-0.3, -0.25) is 19.2 Å². The van der Waals surface area contributed by atoms with E-state index in [0.29, 0.717) is 31.2 Å². The van der Waals surface area contributed by atoms with Crippen molar-refractivity contribution in [2.45, 2.75) is 75.5 Å². The average molecular weight is 829 g/mol. The number of hydrogen-bond donors (Lipinski definition) is 3. The van der Waals surface area contributed by atoms with Crippen LogP contribution in [0, 0.1) is 11.8 Å². The summed E-state index contributed by atoms with van der Waals surface area (Å²) in [6.45, 7) is 1.14. The molecule has 4 heterocycles. The van der Waals surface area contributed by atoms with Gasteiger partial charge in [0.1, 0.15) is 23.9 Å². The molecule has 2 saturated carbocycles. The quantitative estimate of drug-likeness (QED) is 0.107. The highest BCUT2D eigenvalue weighted by Crippen LogP contribution is 2.38. The van der Waals surface area contributed by atoms with Crippen molar-refractivity contribution in [3.8, 4) is 33.8 Å². The third-order valence-electron chi connectivity index (χ3n) is 12.6. The second-order valence-electron chi connectivity index (χ2n) is 16.9. The van der Waals surface area contributed by atoms with E-state index in [1.54, 1.807) is 4.90 Å². The van der Waals surface area contributed by atoms with Crippen LogP contribution in [0.25, 0.3) is 33.8 Å². The number of nitrogens with zero attached hydrogens (tertiary/aromatic N) is 5. The maximum Gasteiger partial charge on any atom is 0.250 e. The van der Waals surface area contributed by atoms with Crippen molar-refractivity contribution >= 4 is 23.6 Å². The van der Waals surface area contributed by atoms with Crippen LogP contribution >= 0.6 is 0 Å². The number of nitrogens with one attached hydrogen (secondary N) is 3. The second kappa shape index (κ2) is 16.9. The molecule has 6 aromatic rings. The monoisotopic (exact) mass is 828 g/mol. The van der Waals surface area contributed by atoms with Crippen molar-refractivity contribution in [3.05, 3.63) is 138 Å². The maximum atomic E-state index is 14.1. The van der Waals surface area contributed by atoms with Crippen LogP contribution in [0.2, 0.25) is 0 Å². The molecule has 4 unspecified atom stereocenters. The molecule has 4 fully saturated rings. The third kappa shape index (κ3) is 8.14. The number of aromatic nitrogens is 4. The normalized spacial score (nSPS) is 19.5. The molecular formula is C49H48N8O5. The summed E-state index contributed by atoms with van der Waals surface area (Å²) >= 11 is 0. The van der Waals surface area contributed by atoms with Crippen molar-refractivity contribution in [3.63, 3.8) is 0 Å². The highest BCUT2D eigenvalue weighted by molar-refractivity contribution is 5.91. The van der Waals surface area contributed by atoms with Crippen molar-refractivity contribution in [1.82, 2.24) is 40.5 Å². The number of rotatable bonds is 13. The van der Waals surface area contributed by atoms with Crippen LogP contribution in [0.1, 0.15) is 98.4 Å². The van der Waals surface area contributed by atoms with Crippen molar-refractivity contribution in [1.29, 1.82) is 0 Å². The fraction of sp³-hybridized carbons (Fsp3) is 0.327. The zero-order chi connectivity index (χ0) is 42.2. The Kier molecular flexibility index (Phi) is 10.7. The van der Waals surface area contributed by atoms with E-state index in [0.717, 1.165) is 89.8 Å². The summed E-state index contributed by atoms with van der Waals surface area (Å²) in [6, 6.07) is 33.0. The van der Waals surface area contributed by atoms with E-state index >= 15 is 0 Å². The molecular weight excluding hydrogens is 781 g/mol. The second-order valence-corrected chi connectivity index (χ2v) is 16.9. The first kappa shape index (κ1) is 39.3. The van der Waals surface area contributed by atoms with Crippen LogP contribution in [0.5, 0.6) is 0 Å². The number of H-pyrrole nitrogens is 1. The lowest BCUT2D eigenvalue weighted by atomic mass is 10.0. The maximum absolute atomic E-state index is 14.1. The Morgan fingerprint density at radius 2 is 1.08 bits per heavy atom. The lowest BCUT2D eigenvalue weighted by Crippen LogP contribution is -2.43. The van der Waals surface area contributed by atoms with Gasteiger partial charge in [-0.15, -0.1) is 0 Å². The summed E-state index contributed by atoms with van der Waals surface area (Å²) in [5.74, 6) is 1.11. The molecule has 2 aliphatic carbocycles. The molecule has 2 aromatic heterocycles. The average Bonchev–Trinajstić information content (AvgIpc) is 4.07. The number of imidazole rings is 1. The van der Waals surface area contributed by atoms with E-state index < -0.39 is 12.1 Å². The Balaban J connectivity index is 0.797. The Hall–Kier alpha value is -6.89. The minimum absolute atomic E-state index is 0.00393. The molecule has 4 aromatic carbocycles. The zero-order valence-corrected chi connectivity index (χ0v) is 34.3. The largest absolute Gasteiger partial charge is 0.340 e. The van der Waals surface area contributed by atoms with Crippen LogP contribution < -0.4 is 10.6 Å². The molecule has 13 nitrogen and oxygen atoms in total. The minimum Gasteiger partial charge on any atom is -0.340 e. The first-order valence-corrected chi connectivity index (χ1v) is 21.8. The topological polar surface area (TPSA) is 166 Å². The SMILES string of the molecule is O=C(NC(C(=O)N1CCCC1c1ncc(-c2ccc(-c3ccc(-c4noc(C5CCCN5C(=O)C(NC(=O)C5CC5)c5ccccc5)n4)cc3)cc2)[nH]1)c1ccccc1)C1CC1. The van der Waals surface area contributed by atoms with Gasteiger partial charge in [0.15, 0.2) is 0 Å². The molecule has 0 radical (unpaired) electrons. The summed E-state index contributed by atoms with van der Waals surface area (Å²) in [4.78, 5) is 70.4. The van der Waals surface area contributed by atoms with Crippen LogP contribution in [-0.4, -0.2) is 66.6 Å². The summed E-state index contributed by atoms with van der Waals surface area (Å²) in [5.41, 5.74) is 6.20. The molecule has 4 aliphatic rings. The molecule has 4 atom stereocenters. The number of benzene rings is 4. The molecule has 4 amide bonds. The predicted octanol–water partition coefficient (Wildman–Crippen LogP) is 7.66. The first-order chi connectivity index (χ1) is 30.4. The van der Waals surface area contributed by atoms with Crippen LogP contribution in [-0.2, 0) is 19.2 Å². The van der Waals surface area contributed by atoms with E-state index in [4.69, 9.17) is 14.5 Å². The standard InChI is InChI=1S/C49H48N8O5/c58-45(36-23-24-36)52-41(33-9-3-1-4-10-33)48(60)56-27-7-13-39(56)44-50-29-38(51-44)32-19-15-30(16-20-32)31-17-21-35(22-18-31)43-54-47(62-55-43)40-14-8-28-57(40)49(61)42(34-11-5-2-6-12-34)53-46(59)37-25-26-37/h1-6,9-12,15-22,29,36-37,39-42H,7-8,13-14,23-28H2,(H,50,51)(H,52,58)(H,53,59). The van der Waals surface area contributed by atoms with Gasteiger partial charge >= 0.3 is 0 Å². The number of carbonyl (C=O) groups is 4. The van der Waals surface area contributed by atoms with Crippen LogP contribution in [0.15, 0.2) is 120 Å². The van der Waals surface area contributed by atoms with Gasteiger partial charge in [0.2, 0.25) is 35.3 Å². The molecule has 0 bridgehead atoms. The lowest BCUT2D eigenvalue weighted by Gasteiger charge is -2.28. The van der Waals surface area contributed by atoms with Crippen molar-refractivity contribution in [2.75, 3.05) is 13.1 Å². The molecule has 2 aliphatic heterocycles. The Labute approximate surface area is 359 Å². The van der Waals surface area contributed by atoms with E-state index in [9.17, 15) is 19.2 Å². The number of hydrogen-bond acceptors (Lipinski definition) is 8. The zero-order valence-electron chi connectivity index (χ0n) is 34.3. The van der Waals surface area contributed by atoms with Crippen LogP contribution in [0.3, 0.4) is 0 Å². The van der Waals surface area contributed by atoms with Gasteiger partial charge in [0, 0.05) is 30.5 Å². The molecule has 2 saturated heterocycles. The fourth-order valence-corrected chi connectivity index (χ4v) is 8.81. The Morgan fingerprint density at radius 3 is 1.61 bits per heavy atom. The first-order valence-electron chi connectivity index (χ1n) is 21.8. The summed E-state index contributed by atoms with van der Waals surface area (Å²) < 4.78 is 5.79. The van der Waals surface area contributed by atoms with E-state index in [1.807, 2.05) is 96.0 Å². The summed E-state index contributed by atoms with van der Waals surface area (Å²) in [6.07, 6.45) is 8.38. The van der Waals surface area contributed by atoms with Gasteiger partial charge in [-0.05, 0) is 79.2 Å². The van der Waals surface area contributed by atoms with E-state index in [-0.39, 0.29) is 47.5 Å². The molecule has 62 heavy (non-hydrogen) atoms. The molecule has 0 spiro atoms. The fourth-order valence-electron chi connectivity index (χ4n) is 8.81. The van der Waals surface area contributed by atoms with Gasteiger partial charge in [0.25, 0.3) is 0 Å². The third-order valence-corrected chi connectivity index (χ3v) is 12.6. The van der Waals surface area contributed by atoms with Gasteiger partial charge in [-0.1, -0.05) is 114 Å². The van der Waals surface area contributed by atoms with Crippen molar-refractivity contribution < 1.29 is 23.7 Å². The minimum atomic E-state index is -0.780. The Morgan fingerprint density at radius 1 is 0.597 bits per heavy atom. The molecule has 13 heteroatoms. The number of likely N-dealkylation sites (tertiary alicyclic amines) is 2. The Bertz CT molecular complexity index is 2390. The molecule has 3 N–H and O–H groups in total. The summed E-state index contributed by atoms with van der Waals surface area (Å²) in [7, 11) is 0. The summed E-state index contributed by atoms with van der Waals surface area (Å²) in [5, 5.41) is 10.4. The van der Waals surface area contributed by atoms with Crippen molar-refractivity contribution in [2.24, 2.45) is 11.8 Å². The van der Waals surface area contributed by atoms with Gasteiger partial charge in [0.05, 0.1) is 17.9 Å². The number of amides is 4. The number of aromatic amines is 1. The smallest absolute Gasteiger partial charge is 0.250 e. The lowest BCUT2D eigenvalue weighted by molar-refractivity contribution is -0.138. The van der Waals surface area contributed by atoms with E-state index in [2.05, 4.69) is 45.0 Å². The van der Waals surface area contributed by atoms with Gasteiger partial charge < -0.3 is 29.9 Å². The van der Waals surface area contributed by atoms with Crippen LogP contribution in [0.4, 0.5) is 0 Å². The number of carbonyl (C=O) groups excluding carboxylic acids is 4. The highest BCUT2D eigenvalue weighted by atomic mass is 16.5. The van der Waals surface area contributed by atoms with Gasteiger partial charge in [-0.25, -0.2) is 4.98 Å². The predicted molar refractivity (Wildman–Crippen MR) is 230 cm³/mol. The van der Waals surface area contributed by atoms with Gasteiger partial charge in [-0.2, -0.15) is 4.98 Å². The molecule has 10 rings (SSSR count).